The second-order valence-corrected chi connectivity index (χ2v) is 6.16. The summed E-state index contributed by atoms with van der Waals surface area (Å²) in [5.41, 5.74) is 1.95. The number of aryl methyl sites for hydroxylation is 1. The number of non-ortho nitro benzene ring substituents is 1. The molecule has 0 unspecified atom stereocenters. The molecule has 0 heterocycles. The SMILES string of the molecule is Cc1cc(NCCC2CCC(C)CC2)cc([N+](=O)[O-])c1. The molecule has 1 aliphatic carbocycles. The van der Waals surface area contributed by atoms with E-state index in [1.807, 2.05) is 13.0 Å². The molecule has 1 aromatic rings. The molecule has 0 spiro atoms. The summed E-state index contributed by atoms with van der Waals surface area (Å²) < 4.78 is 0. The molecule has 0 bridgehead atoms. The van der Waals surface area contributed by atoms with Gasteiger partial charge in [-0.2, -0.15) is 0 Å². The number of hydrogen-bond donors (Lipinski definition) is 1. The lowest BCUT2D eigenvalue weighted by Crippen LogP contribution is -2.15. The number of nitro benzene ring substituents is 1. The van der Waals surface area contributed by atoms with Gasteiger partial charge >= 0.3 is 0 Å². The lowest BCUT2D eigenvalue weighted by atomic mass is 9.81. The van der Waals surface area contributed by atoms with Crippen molar-refractivity contribution in [1.29, 1.82) is 0 Å². The van der Waals surface area contributed by atoms with E-state index in [1.54, 1.807) is 12.1 Å². The van der Waals surface area contributed by atoms with Gasteiger partial charge in [0.25, 0.3) is 5.69 Å². The molecule has 4 heteroatoms. The van der Waals surface area contributed by atoms with Crippen molar-refractivity contribution in [2.24, 2.45) is 11.8 Å². The van der Waals surface area contributed by atoms with E-state index in [9.17, 15) is 10.1 Å². The smallest absolute Gasteiger partial charge is 0.271 e. The number of nitrogens with one attached hydrogen (secondary N) is 1. The molecule has 110 valence electrons. The van der Waals surface area contributed by atoms with Crippen LogP contribution in [0.2, 0.25) is 0 Å². The summed E-state index contributed by atoms with van der Waals surface area (Å²) in [6, 6.07) is 5.19. The van der Waals surface area contributed by atoms with Crippen LogP contribution in [0.1, 0.15) is 44.6 Å². The Hall–Kier alpha value is -1.58. The van der Waals surface area contributed by atoms with Gasteiger partial charge in [-0.05, 0) is 36.8 Å². The average molecular weight is 276 g/mol. The zero-order valence-corrected chi connectivity index (χ0v) is 12.4. The summed E-state index contributed by atoms with van der Waals surface area (Å²) in [5, 5.41) is 14.2. The molecule has 1 saturated carbocycles. The van der Waals surface area contributed by atoms with E-state index in [1.165, 1.54) is 25.7 Å². The van der Waals surface area contributed by atoms with Gasteiger partial charge in [-0.15, -0.1) is 0 Å². The van der Waals surface area contributed by atoms with Crippen molar-refractivity contribution in [3.05, 3.63) is 33.9 Å². The molecule has 1 aromatic carbocycles. The lowest BCUT2D eigenvalue weighted by molar-refractivity contribution is -0.384. The monoisotopic (exact) mass is 276 g/mol. The van der Waals surface area contributed by atoms with Crippen LogP contribution in [-0.4, -0.2) is 11.5 Å². The second-order valence-electron chi connectivity index (χ2n) is 6.16. The number of benzene rings is 1. The molecular formula is C16H24N2O2. The fraction of sp³-hybridized carbons (Fsp3) is 0.625. The minimum Gasteiger partial charge on any atom is -0.385 e. The standard InChI is InChI=1S/C16H24N2O2/c1-12-3-5-14(6-4-12)7-8-17-15-9-13(2)10-16(11-15)18(19)20/h9-12,14,17H,3-8H2,1-2H3. The van der Waals surface area contributed by atoms with Crippen LogP contribution >= 0.6 is 0 Å². The maximum atomic E-state index is 10.8. The minimum absolute atomic E-state index is 0.166. The van der Waals surface area contributed by atoms with Gasteiger partial charge in [-0.25, -0.2) is 0 Å². The van der Waals surface area contributed by atoms with Crippen molar-refractivity contribution in [3.8, 4) is 0 Å². The van der Waals surface area contributed by atoms with Crippen LogP contribution in [0.5, 0.6) is 0 Å². The summed E-state index contributed by atoms with van der Waals surface area (Å²) in [6.45, 7) is 5.13. The van der Waals surface area contributed by atoms with E-state index >= 15 is 0 Å². The Morgan fingerprint density at radius 2 is 1.95 bits per heavy atom. The number of anilines is 1. The van der Waals surface area contributed by atoms with Crippen molar-refractivity contribution >= 4 is 11.4 Å². The van der Waals surface area contributed by atoms with Gasteiger partial charge in [0.05, 0.1) is 4.92 Å². The Kier molecular flexibility index (Phi) is 4.99. The molecule has 2 rings (SSSR count). The maximum Gasteiger partial charge on any atom is 0.271 e. The van der Waals surface area contributed by atoms with Crippen molar-refractivity contribution in [2.75, 3.05) is 11.9 Å². The third-order valence-corrected chi connectivity index (χ3v) is 4.29. The summed E-state index contributed by atoms with van der Waals surface area (Å²) in [5.74, 6) is 1.71. The number of nitrogens with zero attached hydrogens (tertiary/aromatic N) is 1. The Morgan fingerprint density at radius 1 is 1.25 bits per heavy atom. The van der Waals surface area contributed by atoms with Crippen LogP contribution in [0.25, 0.3) is 0 Å². The van der Waals surface area contributed by atoms with Gasteiger partial charge in [0, 0.05) is 24.4 Å². The first kappa shape index (κ1) is 14.8. The van der Waals surface area contributed by atoms with E-state index in [4.69, 9.17) is 0 Å². The first-order chi connectivity index (χ1) is 9.54. The number of hydrogen-bond acceptors (Lipinski definition) is 3. The van der Waals surface area contributed by atoms with Crippen molar-refractivity contribution in [2.45, 2.75) is 46.0 Å². The zero-order chi connectivity index (χ0) is 14.5. The maximum absolute atomic E-state index is 10.8. The van der Waals surface area contributed by atoms with Crippen molar-refractivity contribution in [3.63, 3.8) is 0 Å². The van der Waals surface area contributed by atoms with Gasteiger partial charge in [-0.1, -0.05) is 32.6 Å². The molecule has 1 aliphatic rings. The van der Waals surface area contributed by atoms with Gasteiger partial charge in [0.1, 0.15) is 0 Å². The molecule has 0 saturated heterocycles. The highest BCUT2D eigenvalue weighted by Gasteiger charge is 2.17. The highest BCUT2D eigenvalue weighted by Crippen LogP contribution is 2.30. The molecule has 0 aromatic heterocycles. The highest BCUT2D eigenvalue weighted by atomic mass is 16.6. The van der Waals surface area contributed by atoms with Crippen molar-refractivity contribution < 1.29 is 4.92 Å². The fourth-order valence-corrected chi connectivity index (χ4v) is 3.01. The van der Waals surface area contributed by atoms with E-state index in [2.05, 4.69) is 12.2 Å². The first-order valence-electron chi connectivity index (χ1n) is 7.54. The van der Waals surface area contributed by atoms with Crippen LogP contribution in [0.3, 0.4) is 0 Å². The minimum atomic E-state index is -0.333. The van der Waals surface area contributed by atoms with Gasteiger partial charge in [0.15, 0.2) is 0 Å². The Morgan fingerprint density at radius 3 is 2.60 bits per heavy atom. The Balaban J connectivity index is 1.83. The topological polar surface area (TPSA) is 55.2 Å². The summed E-state index contributed by atoms with van der Waals surface area (Å²) >= 11 is 0. The molecule has 20 heavy (non-hydrogen) atoms. The average Bonchev–Trinajstić information content (AvgIpc) is 2.40. The van der Waals surface area contributed by atoms with Gasteiger partial charge in [0.2, 0.25) is 0 Å². The zero-order valence-electron chi connectivity index (χ0n) is 12.4. The quantitative estimate of drug-likeness (QED) is 0.635. The third-order valence-electron chi connectivity index (χ3n) is 4.29. The molecule has 1 N–H and O–H groups in total. The summed E-state index contributed by atoms with van der Waals surface area (Å²) in [4.78, 5) is 10.5. The lowest BCUT2D eigenvalue weighted by Gasteiger charge is -2.26. The third kappa shape index (κ3) is 4.22. The molecule has 0 aliphatic heterocycles. The fourth-order valence-electron chi connectivity index (χ4n) is 3.01. The van der Waals surface area contributed by atoms with Crippen LogP contribution in [0.15, 0.2) is 18.2 Å². The summed E-state index contributed by atoms with van der Waals surface area (Å²) in [6.07, 6.45) is 6.52. The first-order valence-corrected chi connectivity index (χ1v) is 7.54. The van der Waals surface area contributed by atoms with Gasteiger partial charge in [-0.3, -0.25) is 10.1 Å². The van der Waals surface area contributed by atoms with E-state index < -0.39 is 0 Å². The predicted molar refractivity (Wildman–Crippen MR) is 82.1 cm³/mol. The Labute approximate surface area is 120 Å². The Bertz CT molecular complexity index is 466. The number of nitro groups is 1. The van der Waals surface area contributed by atoms with Crippen molar-refractivity contribution in [1.82, 2.24) is 0 Å². The largest absolute Gasteiger partial charge is 0.385 e. The van der Waals surface area contributed by atoms with Crippen LogP contribution in [0.4, 0.5) is 11.4 Å². The van der Waals surface area contributed by atoms with E-state index in [0.717, 1.165) is 36.1 Å². The number of rotatable bonds is 5. The predicted octanol–water partition coefficient (Wildman–Crippen LogP) is 4.53. The molecule has 0 atom stereocenters. The second kappa shape index (κ2) is 6.73. The highest BCUT2D eigenvalue weighted by molar-refractivity contribution is 5.53. The molecular weight excluding hydrogens is 252 g/mol. The molecule has 0 amide bonds. The summed E-state index contributed by atoms with van der Waals surface area (Å²) in [7, 11) is 0. The molecule has 0 radical (unpaired) electrons. The van der Waals surface area contributed by atoms with Crippen LogP contribution in [0, 0.1) is 28.9 Å². The van der Waals surface area contributed by atoms with Crippen LogP contribution in [-0.2, 0) is 0 Å². The molecule has 1 fully saturated rings. The molecule has 4 nitrogen and oxygen atoms in total. The van der Waals surface area contributed by atoms with E-state index in [0.29, 0.717) is 0 Å². The normalized spacial score (nSPS) is 22.5. The van der Waals surface area contributed by atoms with E-state index in [-0.39, 0.29) is 10.6 Å². The van der Waals surface area contributed by atoms with Gasteiger partial charge < -0.3 is 5.32 Å². The van der Waals surface area contributed by atoms with Crippen LogP contribution < -0.4 is 5.32 Å².